The average molecular weight is 235 g/mol. The van der Waals surface area contributed by atoms with Crippen molar-refractivity contribution in [2.75, 3.05) is 5.75 Å². The molecular formula is C14H21NS. The molecule has 16 heavy (non-hydrogen) atoms. The molecule has 0 aliphatic carbocycles. The second-order valence-electron chi connectivity index (χ2n) is 5.15. The molecule has 0 bridgehead atoms. The first-order valence-corrected chi connectivity index (χ1v) is 7.11. The summed E-state index contributed by atoms with van der Waals surface area (Å²) in [6, 6.07) is 8.77. The minimum Gasteiger partial charge on any atom is -0.325 e. The van der Waals surface area contributed by atoms with E-state index in [9.17, 15) is 0 Å². The Morgan fingerprint density at radius 3 is 2.94 bits per heavy atom. The molecule has 1 aromatic rings. The van der Waals surface area contributed by atoms with Crippen LogP contribution >= 0.6 is 11.8 Å². The largest absolute Gasteiger partial charge is 0.325 e. The van der Waals surface area contributed by atoms with Crippen LogP contribution in [0.2, 0.25) is 0 Å². The number of thioether (sulfide) groups is 1. The minimum absolute atomic E-state index is 0.00255. The molecule has 1 aromatic carbocycles. The monoisotopic (exact) mass is 235 g/mol. The summed E-state index contributed by atoms with van der Waals surface area (Å²) in [5.41, 5.74) is 7.87. The molecule has 0 radical (unpaired) electrons. The van der Waals surface area contributed by atoms with Crippen LogP contribution in [0.1, 0.15) is 44.6 Å². The second-order valence-corrected chi connectivity index (χ2v) is 6.22. The zero-order valence-electron chi connectivity index (χ0n) is 10.2. The van der Waals surface area contributed by atoms with E-state index in [1.54, 1.807) is 0 Å². The van der Waals surface area contributed by atoms with E-state index in [1.807, 2.05) is 11.8 Å². The first-order valence-electron chi connectivity index (χ1n) is 6.13. The van der Waals surface area contributed by atoms with Crippen LogP contribution in [-0.4, -0.2) is 11.3 Å². The van der Waals surface area contributed by atoms with Gasteiger partial charge in [-0.05, 0) is 37.3 Å². The Labute approximate surface area is 103 Å². The molecule has 2 unspecified atom stereocenters. The highest BCUT2D eigenvalue weighted by Crippen LogP contribution is 2.43. The summed E-state index contributed by atoms with van der Waals surface area (Å²) >= 11 is 1.98. The molecule has 0 amide bonds. The van der Waals surface area contributed by atoms with Crippen LogP contribution < -0.4 is 5.73 Å². The molecule has 2 N–H and O–H groups in total. The summed E-state index contributed by atoms with van der Waals surface area (Å²) in [7, 11) is 0. The Bertz CT molecular complexity index is 360. The van der Waals surface area contributed by atoms with Gasteiger partial charge in [0.1, 0.15) is 0 Å². The molecule has 2 rings (SSSR count). The van der Waals surface area contributed by atoms with Gasteiger partial charge in [0.2, 0.25) is 0 Å². The van der Waals surface area contributed by atoms with Gasteiger partial charge in [0, 0.05) is 16.2 Å². The summed E-state index contributed by atoms with van der Waals surface area (Å²) < 4.78 is 0. The zero-order valence-corrected chi connectivity index (χ0v) is 11.0. The maximum Gasteiger partial charge on any atom is 0.0131 e. The van der Waals surface area contributed by atoms with E-state index < -0.39 is 0 Å². The van der Waals surface area contributed by atoms with Crippen molar-refractivity contribution in [3.05, 3.63) is 29.8 Å². The van der Waals surface area contributed by atoms with Gasteiger partial charge in [-0.2, -0.15) is 0 Å². The summed E-state index contributed by atoms with van der Waals surface area (Å²) in [5, 5.41) is 0. The van der Waals surface area contributed by atoms with E-state index in [4.69, 9.17) is 5.73 Å². The van der Waals surface area contributed by atoms with Crippen LogP contribution in [0.25, 0.3) is 0 Å². The van der Waals surface area contributed by atoms with Crippen LogP contribution in [0.4, 0.5) is 0 Å². The van der Waals surface area contributed by atoms with Crippen molar-refractivity contribution in [2.24, 2.45) is 5.73 Å². The lowest BCUT2D eigenvalue weighted by Gasteiger charge is -2.27. The van der Waals surface area contributed by atoms with E-state index in [0.29, 0.717) is 5.92 Å². The number of hydrogen-bond donors (Lipinski definition) is 1. The fourth-order valence-electron chi connectivity index (χ4n) is 2.63. The predicted octanol–water partition coefficient (Wildman–Crippen LogP) is 3.78. The summed E-state index contributed by atoms with van der Waals surface area (Å²) in [6.45, 7) is 4.41. The summed E-state index contributed by atoms with van der Waals surface area (Å²) in [4.78, 5) is 1.46. The third-order valence-corrected chi connectivity index (χ3v) is 4.58. The van der Waals surface area contributed by atoms with Crippen molar-refractivity contribution in [3.63, 3.8) is 0 Å². The standard InChI is InChI=1S/C14H21NS/c1-3-8-14(2,15)9-11-10-16-13-7-5-4-6-12(11)13/h4-7,11H,3,8-10,15H2,1-2H3. The van der Waals surface area contributed by atoms with Gasteiger partial charge in [-0.1, -0.05) is 31.5 Å². The van der Waals surface area contributed by atoms with Crippen molar-refractivity contribution in [1.29, 1.82) is 0 Å². The Hall–Kier alpha value is -0.470. The topological polar surface area (TPSA) is 26.0 Å². The Morgan fingerprint density at radius 1 is 1.44 bits per heavy atom. The van der Waals surface area contributed by atoms with E-state index in [1.165, 1.54) is 22.6 Å². The fraction of sp³-hybridized carbons (Fsp3) is 0.571. The molecule has 2 heteroatoms. The van der Waals surface area contributed by atoms with E-state index >= 15 is 0 Å². The molecule has 1 nitrogen and oxygen atoms in total. The van der Waals surface area contributed by atoms with Gasteiger partial charge in [-0.15, -0.1) is 11.8 Å². The van der Waals surface area contributed by atoms with Gasteiger partial charge < -0.3 is 5.73 Å². The van der Waals surface area contributed by atoms with E-state index in [0.717, 1.165) is 12.8 Å². The van der Waals surface area contributed by atoms with Crippen LogP contribution in [-0.2, 0) is 0 Å². The van der Waals surface area contributed by atoms with Crippen molar-refractivity contribution in [2.45, 2.75) is 49.5 Å². The summed E-state index contributed by atoms with van der Waals surface area (Å²) in [6.07, 6.45) is 3.41. The van der Waals surface area contributed by atoms with Gasteiger partial charge in [-0.3, -0.25) is 0 Å². The van der Waals surface area contributed by atoms with Crippen molar-refractivity contribution >= 4 is 11.8 Å². The first kappa shape index (κ1) is 12.0. The van der Waals surface area contributed by atoms with Gasteiger partial charge >= 0.3 is 0 Å². The first-order chi connectivity index (χ1) is 7.62. The zero-order chi connectivity index (χ0) is 11.6. The highest BCUT2D eigenvalue weighted by atomic mass is 32.2. The molecule has 1 aliphatic heterocycles. The SMILES string of the molecule is CCCC(C)(N)CC1CSc2ccccc21. The third-order valence-electron chi connectivity index (χ3n) is 3.33. The van der Waals surface area contributed by atoms with Crippen molar-refractivity contribution in [1.82, 2.24) is 0 Å². The molecule has 88 valence electrons. The van der Waals surface area contributed by atoms with Crippen molar-refractivity contribution < 1.29 is 0 Å². The number of benzene rings is 1. The number of rotatable bonds is 4. The molecule has 0 saturated carbocycles. The maximum atomic E-state index is 6.35. The lowest BCUT2D eigenvalue weighted by Crippen LogP contribution is -2.37. The molecule has 0 fully saturated rings. The number of nitrogens with two attached hydrogens (primary N) is 1. The maximum absolute atomic E-state index is 6.35. The smallest absolute Gasteiger partial charge is 0.0131 e. The number of fused-ring (bicyclic) bond motifs is 1. The molecule has 0 aromatic heterocycles. The van der Waals surface area contributed by atoms with Crippen LogP contribution in [0, 0.1) is 0 Å². The summed E-state index contributed by atoms with van der Waals surface area (Å²) in [5.74, 6) is 1.86. The van der Waals surface area contributed by atoms with Gasteiger partial charge in [-0.25, -0.2) is 0 Å². The minimum atomic E-state index is -0.00255. The van der Waals surface area contributed by atoms with Gasteiger partial charge in [0.25, 0.3) is 0 Å². The van der Waals surface area contributed by atoms with Gasteiger partial charge in [0.05, 0.1) is 0 Å². The Kier molecular flexibility index (Phi) is 3.60. The number of hydrogen-bond acceptors (Lipinski definition) is 2. The van der Waals surface area contributed by atoms with Crippen LogP contribution in [0.5, 0.6) is 0 Å². The quantitative estimate of drug-likeness (QED) is 0.859. The molecule has 1 heterocycles. The molecule has 0 saturated heterocycles. The normalized spacial score (nSPS) is 22.8. The Morgan fingerprint density at radius 2 is 2.19 bits per heavy atom. The fourth-order valence-corrected chi connectivity index (χ4v) is 3.89. The lowest BCUT2D eigenvalue weighted by molar-refractivity contribution is 0.373. The average Bonchev–Trinajstić information content (AvgIpc) is 2.61. The highest BCUT2D eigenvalue weighted by molar-refractivity contribution is 7.99. The Balaban J connectivity index is 2.08. The molecular weight excluding hydrogens is 214 g/mol. The molecule has 1 aliphatic rings. The highest BCUT2D eigenvalue weighted by Gasteiger charge is 2.29. The van der Waals surface area contributed by atoms with Crippen LogP contribution in [0.15, 0.2) is 29.2 Å². The molecule has 2 atom stereocenters. The lowest BCUT2D eigenvalue weighted by atomic mass is 9.84. The second kappa shape index (κ2) is 4.80. The van der Waals surface area contributed by atoms with E-state index in [2.05, 4.69) is 38.1 Å². The molecule has 0 spiro atoms. The van der Waals surface area contributed by atoms with E-state index in [-0.39, 0.29) is 5.54 Å². The van der Waals surface area contributed by atoms with Crippen molar-refractivity contribution in [3.8, 4) is 0 Å². The van der Waals surface area contributed by atoms with Crippen LogP contribution in [0.3, 0.4) is 0 Å². The van der Waals surface area contributed by atoms with Gasteiger partial charge in [0.15, 0.2) is 0 Å². The predicted molar refractivity (Wildman–Crippen MR) is 72.0 cm³/mol. The third kappa shape index (κ3) is 2.61.